The lowest BCUT2D eigenvalue weighted by molar-refractivity contribution is 0.254. The first-order valence-corrected chi connectivity index (χ1v) is 11.2. The van der Waals surface area contributed by atoms with Crippen LogP contribution < -0.4 is 14.8 Å². The fourth-order valence-corrected chi connectivity index (χ4v) is 4.04. The predicted molar refractivity (Wildman–Crippen MR) is 125 cm³/mol. The number of aromatic nitrogens is 3. The highest BCUT2D eigenvalue weighted by atomic mass is 16.5. The highest BCUT2D eigenvalue weighted by molar-refractivity contribution is 5.92. The smallest absolute Gasteiger partial charge is 0.179 e. The maximum absolute atomic E-state index is 6.05. The number of aryl methyl sites for hydroxylation is 1. The summed E-state index contributed by atoms with van der Waals surface area (Å²) in [5.41, 5.74) is 3.21. The molecular formula is C24H33N5O2. The second-order valence-electron chi connectivity index (χ2n) is 8.55. The number of likely N-dealkylation sites (tertiary alicyclic amines) is 1. The predicted octanol–water partition coefficient (Wildman–Crippen LogP) is 5.01. The Kier molecular flexibility index (Phi) is 6.61. The van der Waals surface area contributed by atoms with Gasteiger partial charge in [0.1, 0.15) is 11.6 Å². The molecule has 0 atom stereocenters. The van der Waals surface area contributed by atoms with Gasteiger partial charge in [-0.3, -0.25) is 0 Å². The first kappa shape index (κ1) is 21.4. The first-order chi connectivity index (χ1) is 15.0. The highest BCUT2D eigenvalue weighted by Gasteiger charge is 2.14. The van der Waals surface area contributed by atoms with Crippen molar-refractivity contribution in [2.75, 3.05) is 38.7 Å². The number of aromatic amines is 1. The minimum absolute atomic E-state index is 0.417. The second-order valence-corrected chi connectivity index (χ2v) is 8.55. The highest BCUT2D eigenvalue weighted by Crippen LogP contribution is 2.32. The number of methoxy groups -OCH3 is 1. The molecule has 7 nitrogen and oxygen atoms in total. The number of anilines is 2. The van der Waals surface area contributed by atoms with Crippen molar-refractivity contribution in [3.05, 3.63) is 35.8 Å². The van der Waals surface area contributed by atoms with Crippen molar-refractivity contribution in [1.82, 2.24) is 19.9 Å². The fraction of sp³-hybridized carbons (Fsp3) is 0.500. The summed E-state index contributed by atoms with van der Waals surface area (Å²) in [5.74, 6) is 3.22. The largest absolute Gasteiger partial charge is 0.491 e. The van der Waals surface area contributed by atoms with E-state index in [0.29, 0.717) is 29.8 Å². The first-order valence-electron chi connectivity index (χ1n) is 11.2. The fourth-order valence-electron chi connectivity index (χ4n) is 4.04. The van der Waals surface area contributed by atoms with Gasteiger partial charge in [-0.15, -0.1) is 0 Å². The van der Waals surface area contributed by atoms with E-state index in [-0.39, 0.29) is 0 Å². The third kappa shape index (κ3) is 5.10. The average molecular weight is 424 g/mol. The van der Waals surface area contributed by atoms with Crippen LogP contribution in [0.4, 0.5) is 11.6 Å². The molecule has 0 aromatic carbocycles. The maximum Gasteiger partial charge on any atom is 0.179 e. The van der Waals surface area contributed by atoms with Gasteiger partial charge in [0.25, 0.3) is 0 Å². The number of fused-ring (bicyclic) bond motifs is 1. The quantitative estimate of drug-likeness (QED) is 0.472. The molecule has 0 spiro atoms. The van der Waals surface area contributed by atoms with Crippen LogP contribution in [0, 0.1) is 6.92 Å². The molecular weight excluding hydrogens is 390 g/mol. The Morgan fingerprint density at radius 1 is 1.16 bits per heavy atom. The molecule has 4 heterocycles. The van der Waals surface area contributed by atoms with Crippen LogP contribution in [-0.4, -0.2) is 53.2 Å². The number of hydrogen-bond acceptors (Lipinski definition) is 6. The lowest BCUT2D eigenvalue weighted by atomic mass is 10.1. The molecule has 0 amide bonds. The second kappa shape index (κ2) is 9.56. The molecule has 0 aliphatic carbocycles. The van der Waals surface area contributed by atoms with Crippen LogP contribution >= 0.6 is 0 Å². The molecule has 166 valence electrons. The Morgan fingerprint density at radius 2 is 1.97 bits per heavy atom. The van der Waals surface area contributed by atoms with Gasteiger partial charge in [0.15, 0.2) is 11.5 Å². The number of rotatable bonds is 9. The van der Waals surface area contributed by atoms with Crippen LogP contribution in [0.1, 0.15) is 50.4 Å². The van der Waals surface area contributed by atoms with Crippen molar-refractivity contribution in [3.63, 3.8) is 0 Å². The van der Waals surface area contributed by atoms with E-state index in [1.54, 1.807) is 13.3 Å². The van der Waals surface area contributed by atoms with Gasteiger partial charge in [-0.25, -0.2) is 9.97 Å². The van der Waals surface area contributed by atoms with Crippen LogP contribution in [-0.2, 0) is 0 Å². The van der Waals surface area contributed by atoms with Crippen molar-refractivity contribution >= 4 is 22.5 Å². The van der Waals surface area contributed by atoms with E-state index in [1.165, 1.54) is 31.6 Å². The molecule has 1 saturated heterocycles. The summed E-state index contributed by atoms with van der Waals surface area (Å²) in [5, 5.41) is 4.44. The molecule has 4 rings (SSSR count). The van der Waals surface area contributed by atoms with Gasteiger partial charge < -0.3 is 24.7 Å². The molecule has 0 bridgehead atoms. The maximum atomic E-state index is 6.05. The summed E-state index contributed by atoms with van der Waals surface area (Å²) in [6, 6.07) is 6.12. The molecule has 0 unspecified atom stereocenters. The van der Waals surface area contributed by atoms with Crippen molar-refractivity contribution in [3.8, 4) is 11.5 Å². The number of H-pyrrole nitrogens is 1. The summed E-state index contributed by atoms with van der Waals surface area (Å²) in [6.45, 7) is 10.5. The van der Waals surface area contributed by atoms with Gasteiger partial charge in [0, 0.05) is 29.4 Å². The Labute approximate surface area is 184 Å². The van der Waals surface area contributed by atoms with E-state index in [1.807, 2.05) is 13.0 Å². The number of nitrogens with zero attached hydrogens (tertiary/aromatic N) is 3. The van der Waals surface area contributed by atoms with E-state index in [0.717, 1.165) is 35.4 Å². The molecule has 1 aliphatic heterocycles. The van der Waals surface area contributed by atoms with Crippen molar-refractivity contribution in [2.24, 2.45) is 0 Å². The average Bonchev–Trinajstić information content (AvgIpc) is 3.41. The monoisotopic (exact) mass is 423 g/mol. The lowest BCUT2D eigenvalue weighted by Gasteiger charge is -2.16. The minimum Gasteiger partial charge on any atom is -0.491 e. The number of nitrogens with one attached hydrogen (secondary N) is 2. The Morgan fingerprint density at radius 3 is 2.71 bits per heavy atom. The normalized spacial score (nSPS) is 14.5. The summed E-state index contributed by atoms with van der Waals surface area (Å²) >= 11 is 0. The van der Waals surface area contributed by atoms with Crippen molar-refractivity contribution in [2.45, 2.75) is 46.0 Å². The Bertz CT molecular complexity index is 1020. The summed E-state index contributed by atoms with van der Waals surface area (Å²) in [6.07, 6.45) is 5.32. The van der Waals surface area contributed by atoms with E-state index in [2.05, 4.69) is 46.2 Å². The summed E-state index contributed by atoms with van der Waals surface area (Å²) < 4.78 is 11.5. The SMILES string of the molecule is COc1cnc(Nc2nc(C)cc3[nH]c(C(C)C)cc23)cc1OCCCN1CCCC1. The lowest BCUT2D eigenvalue weighted by Crippen LogP contribution is -2.21. The number of hydrogen-bond donors (Lipinski definition) is 2. The number of pyridine rings is 2. The van der Waals surface area contributed by atoms with Gasteiger partial charge >= 0.3 is 0 Å². The van der Waals surface area contributed by atoms with Crippen LogP contribution in [0.15, 0.2) is 24.4 Å². The summed E-state index contributed by atoms with van der Waals surface area (Å²) in [4.78, 5) is 15.2. The minimum atomic E-state index is 0.417. The molecule has 3 aromatic rings. The van der Waals surface area contributed by atoms with Crippen LogP contribution in [0.3, 0.4) is 0 Å². The molecule has 0 saturated carbocycles. The van der Waals surface area contributed by atoms with Gasteiger partial charge in [-0.05, 0) is 57.3 Å². The molecule has 0 radical (unpaired) electrons. The molecule has 7 heteroatoms. The third-order valence-electron chi connectivity index (χ3n) is 5.76. The zero-order chi connectivity index (χ0) is 21.8. The van der Waals surface area contributed by atoms with Crippen molar-refractivity contribution < 1.29 is 9.47 Å². The van der Waals surface area contributed by atoms with Gasteiger partial charge in [0.2, 0.25) is 0 Å². The van der Waals surface area contributed by atoms with E-state index in [9.17, 15) is 0 Å². The topological polar surface area (TPSA) is 75.3 Å². The summed E-state index contributed by atoms with van der Waals surface area (Å²) in [7, 11) is 1.64. The third-order valence-corrected chi connectivity index (χ3v) is 5.76. The molecule has 2 N–H and O–H groups in total. The molecule has 31 heavy (non-hydrogen) atoms. The van der Waals surface area contributed by atoms with E-state index >= 15 is 0 Å². The van der Waals surface area contributed by atoms with Gasteiger partial charge in [-0.1, -0.05) is 13.8 Å². The zero-order valence-electron chi connectivity index (χ0n) is 19.0. The van der Waals surface area contributed by atoms with E-state index < -0.39 is 0 Å². The molecule has 1 fully saturated rings. The van der Waals surface area contributed by atoms with Gasteiger partial charge in [-0.2, -0.15) is 0 Å². The Hall–Kier alpha value is -2.80. The van der Waals surface area contributed by atoms with E-state index in [4.69, 9.17) is 14.5 Å². The standard InChI is InChI=1S/C24H33N5O2/c1-16(2)19-13-18-20(27-19)12-17(3)26-24(18)28-23-14-21(22(30-4)15-25-23)31-11-7-10-29-8-5-6-9-29/h12-16,27H,5-11H2,1-4H3,(H,25,26,28). The van der Waals surface area contributed by atoms with Crippen molar-refractivity contribution in [1.29, 1.82) is 0 Å². The van der Waals surface area contributed by atoms with Gasteiger partial charge in [0.05, 0.1) is 25.4 Å². The zero-order valence-corrected chi connectivity index (χ0v) is 19.0. The molecule has 1 aliphatic rings. The van der Waals surface area contributed by atoms with Crippen LogP contribution in [0.5, 0.6) is 11.5 Å². The molecule has 3 aromatic heterocycles. The Balaban J connectivity index is 1.50. The van der Waals surface area contributed by atoms with Crippen LogP contribution in [0.25, 0.3) is 10.9 Å². The van der Waals surface area contributed by atoms with Crippen LogP contribution in [0.2, 0.25) is 0 Å². The number of ether oxygens (including phenoxy) is 2.